The van der Waals surface area contributed by atoms with E-state index in [1.165, 1.54) is 6.07 Å². The van der Waals surface area contributed by atoms with Crippen LogP contribution in [0.2, 0.25) is 0 Å². The van der Waals surface area contributed by atoms with Crippen LogP contribution in [0.5, 0.6) is 0 Å². The van der Waals surface area contributed by atoms with E-state index in [9.17, 15) is 22.7 Å². The molecule has 1 atom stereocenters. The van der Waals surface area contributed by atoms with E-state index in [0.29, 0.717) is 5.56 Å². The van der Waals surface area contributed by atoms with E-state index >= 15 is 0 Å². The number of rotatable bonds is 5. The number of carbonyl (C=O) groups excluding carboxylic acids is 1. The third-order valence-electron chi connectivity index (χ3n) is 4.89. The number of benzene rings is 2. The van der Waals surface area contributed by atoms with Gasteiger partial charge >= 0.3 is 5.97 Å². The number of aryl methyl sites for hydroxylation is 1. The smallest absolute Gasteiger partial charge is 0.342 e. The Hall–Kier alpha value is -2.16. The first kappa shape index (κ1) is 21.5. The molecule has 5 nitrogen and oxygen atoms in total. The van der Waals surface area contributed by atoms with Crippen LogP contribution in [0, 0.1) is 12.7 Å². The molecule has 0 spiro atoms. The second-order valence-electron chi connectivity index (χ2n) is 6.88. The third kappa shape index (κ3) is 3.84. The minimum absolute atomic E-state index is 0.0505. The van der Waals surface area contributed by atoms with E-state index in [0.717, 1.165) is 28.8 Å². The van der Waals surface area contributed by atoms with Crippen LogP contribution >= 0.6 is 11.8 Å². The van der Waals surface area contributed by atoms with Crippen LogP contribution in [0.1, 0.15) is 30.0 Å². The number of esters is 1. The average Bonchev–Trinajstić information content (AvgIpc) is 2.91. The average molecular weight is 437 g/mol. The fourth-order valence-electron chi connectivity index (χ4n) is 3.42. The topological polar surface area (TPSA) is 80.7 Å². The van der Waals surface area contributed by atoms with Crippen LogP contribution in [0.25, 0.3) is 11.1 Å². The van der Waals surface area contributed by atoms with Crippen molar-refractivity contribution < 1.29 is 27.4 Å². The van der Waals surface area contributed by atoms with Crippen molar-refractivity contribution in [2.24, 2.45) is 0 Å². The molecule has 0 saturated heterocycles. The Morgan fingerprint density at radius 1 is 1.17 bits per heavy atom. The van der Waals surface area contributed by atoms with Gasteiger partial charge < -0.3 is 9.84 Å². The predicted octanol–water partition coefficient (Wildman–Crippen LogP) is 3.83. The number of hydrogen-bond acceptors (Lipinski definition) is 6. The number of sulfone groups is 1. The number of thioether (sulfide) groups is 1. The minimum Gasteiger partial charge on any atom is -0.425 e. The molecule has 2 aromatic rings. The van der Waals surface area contributed by atoms with Gasteiger partial charge in [-0.15, -0.1) is 11.8 Å². The highest BCUT2D eigenvalue weighted by molar-refractivity contribution is 7.98. The summed E-state index contributed by atoms with van der Waals surface area (Å²) in [5.74, 6) is -3.60. The predicted molar refractivity (Wildman–Crippen MR) is 111 cm³/mol. The van der Waals surface area contributed by atoms with Gasteiger partial charge in [0, 0.05) is 23.1 Å². The molecule has 1 aliphatic rings. The van der Waals surface area contributed by atoms with E-state index < -0.39 is 32.3 Å². The van der Waals surface area contributed by atoms with Crippen molar-refractivity contribution in [2.45, 2.75) is 35.8 Å². The lowest BCUT2D eigenvalue weighted by Crippen LogP contribution is -2.30. The molecule has 1 heterocycles. The number of hydrogen-bond donors (Lipinski definition) is 1. The van der Waals surface area contributed by atoms with Crippen LogP contribution in [0.4, 0.5) is 4.39 Å². The first-order chi connectivity index (χ1) is 13.5. The summed E-state index contributed by atoms with van der Waals surface area (Å²) in [7, 11) is -3.75. The lowest BCUT2D eigenvalue weighted by Gasteiger charge is -2.23. The summed E-state index contributed by atoms with van der Waals surface area (Å²) in [5, 5.41) is 11.0. The molecule has 0 fully saturated rings. The van der Waals surface area contributed by atoms with Crippen LogP contribution in [-0.2, 0) is 19.4 Å². The molecule has 154 valence electrons. The Bertz CT molecular complexity index is 1140. The molecule has 0 aliphatic carbocycles. The molecule has 8 heteroatoms. The standard InChI is InChI=1S/C21H21FO5S2/c1-5-21(24)19(14-7-9-17(15(22)11-14)29(4,25)26)18(20(23)27-21)13-6-8-16(28-3)12(2)10-13/h6-11,24H,5H2,1-4H3. The van der Waals surface area contributed by atoms with Crippen LogP contribution in [-0.4, -0.2) is 37.8 Å². The highest BCUT2D eigenvalue weighted by Crippen LogP contribution is 2.45. The maximum Gasteiger partial charge on any atom is 0.342 e. The van der Waals surface area contributed by atoms with Crippen LogP contribution in [0.15, 0.2) is 46.2 Å². The van der Waals surface area contributed by atoms with Crippen molar-refractivity contribution in [2.75, 3.05) is 12.5 Å². The molecule has 2 aromatic carbocycles. The number of halogens is 1. The summed E-state index contributed by atoms with van der Waals surface area (Å²) in [4.78, 5) is 13.3. The first-order valence-corrected chi connectivity index (χ1v) is 12.0. The van der Waals surface area contributed by atoms with Crippen molar-refractivity contribution in [3.63, 3.8) is 0 Å². The van der Waals surface area contributed by atoms with Gasteiger partial charge in [0.2, 0.25) is 5.79 Å². The van der Waals surface area contributed by atoms with Gasteiger partial charge in [-0.2, -0.15) is 0 Å². The van der Waals surface area contributed by atoms with E-state index in [1.807, 2.05) is 25.3 Å². The Morgan fingerprint density at radius 2 is 1.83 bits per heavy atom. The van der Waals surface area contributed by atoms with Gasteiger partial charge in [-0.1, -0.05) is 25.1 Å². The minimum atomic E-state index is -3.75. The zero-order valence-corrected chi connectivity index (χ0v) is 18.1. The highest BCUT2D eigenvalue weighted by atomic mass is 32.2. The molecular formula is C21H21FO5S2. The maximum absolute atomic E-state index is 14.5. The number of ether oxygens (including phenoxy) is 1. The normalized spacial score (nSPS) is 19.6. The SMILES string of the molecule is CCC1(O)OC(=O)C(c2ccc(SC)c(C)c2)=C1c1ccc(S(C)(=O)=O)c(F)c1. The number of aliphatic hydroxyl groups is 1. The van der Waals surface area contributed by atoms with Crippen molar-refractivity contribution in [1.82, 2.24) is 0 Å². The van der Waals surface area contributed by atoms with Crippen molar-refractivity contribution >= 4 is 38.7 Å². The Kier molecular flexibility index (Phi) is 5.64. The lowest BCUT2D eigenvalue weighted by molar-refractivity contribution is -0.175. The van der Waals surface area contributed by atoms with E-state index in [-0.39, 0.29) is 23.1 Å². The molecule has 1 N–H and O–H groups in total. The fourth-order valence-corrected chi connectivity index (χ4v) is 4.74. The Morgan fingerprint density at radius 3 is 2.34 bits per heavy atom. The lowest BCUT2D eigenvalue weighted by atomic mass is 9.89. The summed E-state index contributed by atoms with van der Waals surface area (Å²) >= 11 is 1.57. The maximum atomic E-state index is 14.5. The van der Waals surface area contributed by atoms with Gasteiger partial charge in [0.15, 0.2) is 9.84 Å². The van der Waals surface area contributed by atoms with Gasteiger partial charge in [-0.25, -0.2) is 17.6 Å². The van der Waals surface area contributed by atoms with E-state index in [4.69, 9.17) is 4.74 Å². The van der Waals surface area contributed by atoms with Crippen LogP contribution < -0.4 is 0 Å². The summed E-state index contributed by atoms with van der Waals surface area (Å²) in [6.45, 7) is 3.54. The quantitative estimate of drug-likeness (QED) is 0.567. The molecule has 29 heavy (non-hydrogen) atoms. The van der Waals surface area contributed by atoms with Gasteiger partial charge in [0.05, 0.1) is 5.57 Å². The van der Waals surface area contributed by atoms with Gasteiger partial charge in [-0.05, 0) is 48.1 Å². The monoisotopic (exact) mass is 436 g/mol. The molecular weight excluding hydrogens is 415 g/mol. The Balaban J connectivity index is 2.29. The summed E-state index contributed by atoms with van der Waals surface area (Å²) in [5.41, 5.74) is 1.93. The number of carbonyl (C=O) groups is 1. The van der Waals surface area contributed by atoms with Gasteiger partial charge in [0.1, 0.15) is 10.7 Å². The second-order valence-corrected chi connectivity index (χ2v) is 9.71. The summed E-state index contributed by atoms with van der Waals surface area (Å²) in [6, 6.07) is 8.94. The molecule has 0 aromatic heterocycles. The molecule has 1 unspecified atom stereocenters. The Labute approximate surface area is 173 Å². The molecule has 0 radical (unpaired) electrons. The van der Waals surface area contributed by atoms with Crippen LogP contribution in [0.3, 0.4) is 0 Å². The molecule has 0 saturated carbocycles. The number of cyclic esters (lactones) is 1. The molecule has 3 rings (SSSR count). The zero-order chi connectivity index (χ0) is 21.6. The highest BCUT2D eigenvalue weighted by Gasteiger charge is 2.46. The van der Waals surface area contributed by atoms with Gasteiger partial charge in [-0.3, -0.25) is 0 Å². The van der Waals surface area contributed by atoms with Crippen molar-refractivity contribution in [3.8, 4) is 0 Å². The van der Waals surface area contributed by atoms with Gasteiger partial charge in [0.25, 0.3) is 0 Å². The molecule has 1 aliphatic heterocycles. The fraction of sp³-hybridized carbons (Fsp3) is 0.286. The first-order valence-electron chi connectivity index (χ1n) is 8.87. The third-order valence-corrected chi connectivity index (χ3v) is 6.92. The van der Waals surface area contributed by atoms with Crippen molar-refractivity contribution in [1.29, 1.82) is 0 Å². The van der Waals surface area contributed by atoms with E-state index in [2.05, 4.69) is 0 Å². The largest absolute Gasteiger partial charge is 0.425 e. The van der Waals surface area contributed by atoms with Crippen molar-refractivity contribution in [3.05, 3.63) is 58.9 Å². The summed E-state index contributed by atoms with van der Waals surface area (Å²) in [6.07, 6.45) is 2.91. The second kappa shape index (κ2) is 7.59. The summed E-state index contributed by atoms with van der Waals surface area (Å²) < 4.78 is 43.2. The zero-order valence-electron chi connectivity index (χ0n) is 16.4. The molecule has 0 amide bonds. The van der Waals surface area contributed by atoms with E-state index in [1.54, 1.807) is 24.8 Å². The molecule has 0 bridgehead atoms.